The van der Waals surface area contributed by atoms with Crippen molar-refractivity contribution in [3.63, 3.8) is 0 Å². The molecule has 134 valence electrons. The van der Waals surface area contributed by atoms with Crippen LogP contribution in [0.2, 0.25) is 0 Å². The number of ether oxygens (including phenoxy) is 1. The summed E-state index contributed by atoms with van der Waals surface area (Å²) in [6, 6.07) is 7.50. The van der Waals surface area contributed by atoms with Crippen LogP contribution >= 0.6 is 0 Å². The molecular weight excluding hydrogens is 337 g/mol. The maximum Gasteiger partial charge on any atom is 0.267 e. The summed E-state index contributed by atoms with van der Waals surface area (Å²) in [5, 5.41) is 12.3. The molecular formula is C18H18FN5O2. The van der Waals surface area contributed by atoms with Crippen LogP contribution in [0.3, 0.4) is 0 Å². The molecule has 8 heteroatoms. The lowest BCUT2D eigenvalue weighted by molar-refractivity contribution is 0.258. The quantitative estimate of drug-likeness (QED) is 0.674. The number of hydrogen-bond acceptors (Lipinski definition) is 6. The smallest absolute Gasteiger partial charge is 0.267 e. The van der Waals surface area contributed by atoms with Crippen molar-refractivity contribution in [3.05, 3.63) is 64.5 Å². The second-order valence-electron chi connectivity index (χ2n) is 5.98. The molecule has 3 heterocycles. The van der Waals surface area contributed by atoms with Crippen LogP contribution in [0.4, 0.5) is 4.39 Å². The first-order chi connectivity index (χ1) is 12.8. The summed E-state index contributed by atoms with van der Waals surface area (Å²) < 4.78 is 27.7. The maximum atomic E-state index is 13.3. The Labute approximate surface area is 150 Å². The van der Waals surface area contributed by atoms with Gasteiger partial charge < -0.3 is 4.74 Å². The van der Waals surface area contributed by atoms with Crippen molar-refractivity contribution in [1.29, 1.82) is 0 Å². The van der Waals surface area contributed by atoms with E-state index in [-0.39, 0.29) is 18.7 Å². The highest BCUT2D eigenvalue weighted by atomic mass is 19.1. The van der Waals surface area contributed by atoms with E-state index in [0.717, 1.165) is 6.20 Å². The van der Waals surface area contributed by atoms with E-state index in [1.165, 1.54) is 23.0 Å². The Balaban J connectivity index is 1.80. The van der Waals surface area contributed by atoms with Crippen LogP contribution in [0.25, 0.3) is 11.4 Å². The molecule has 0 radical (unpaired) electrons. The molecule has 0 aliphatic heterocycles. The molecule has 7 nitrogen and oxygen atoms in total. The number of aromatic nitrogens is 5. The molecule has 0 unspecified atom stereocenters. The van der Waals surface area contributed by atoms with Crippen molar-refractivity contribution in [2.24, 2.45) is 5.89 Å². The first-order valence-electron chi connectivity index (χ1n) is 8.45. The van der Waals surface area contributed by atoms with Crippen molar-refractivity contribution in [3.8, 4) is 17.3 Å². The van der Waals surface area contributed by atoms with Crippen molar-refractivity contribution >= 4 is 0 Å². The molecule has 0 spiro atoms. The topological polar surface area (TPSA) is 82.8 Å². The lowest BCUT2D eigenvalue weighted by Crippen LogP contribution is -2.23. The summed E-state index contributed by atoms with van der Waals surface area (Å²) >= 11 is 0. The predicted molar refractivity (Wildman–Crippen MR) is 93.2 cm³/mol. The van der Waals surface area contributed by atoms with E-state index in [9.17, 15) is 9.18 Å². The van der Waals surface area contributed by atoms with Gasteiger partial charge in [-0.25, -0.2) is 9.07 Å². The second-order valence-corrected chi connectivity index (χ2v) is 5.98. The standard InChI is InChI=1S/C18H18FN5O2/c1-12(2)11-26-17-5-3-15(21-22-17)16-4-6-18(25)24(23-16)10-13-7-14(19)9-20-8-13/h3-9,12H,10-11H2,1-2H3/i12D. The average molecular weight is 356 g/mol. The maximum absolute atomic E-state index is 13.3. The van der Waals surface area contributed by atoms with E-state index in [1.807, 2.05) is 0 Å². The Bertz CT molecular complexity index is 986. The van der Waals surface area contributed by atoms with Crippen molar-refractivity contribution in [1.82, 2.24) is 25.0 Å². The lowest BCUT2D eigenvalue weighted by Gasteiger charge is -2.08. The van der Waals surface area contributed by atoms with Gasteiger partial charge in [-0.05, 0) is 29.7 Å². The minimum absolute atomic E-state index is 0.0879. The van der Waals surface area contributed by atoms with Gasteiger partial charge in [0.2, 0.25) is 5.88 Å². The third-order valence-electron chi connectivity index (χ3n) is 3.37. The van der Waals surface area contributed by atoms with Crippen LogP contribution in [-0.4, -0.2) is 31.6 Å². The highest BCUT2D eigenvalue weighted by molar-refractivity contribution is 5.52. The average Bonchev–Trinajstić information content (AvgIpc) is 2.62. The van der Waals surface area contributed by atoms with Gasteiger partial charge in [-0.1, -0.05) is 13.8 Å². The van der Waals surface area contributed by atoms with E-state index in [4.69, 9.17) is 6.11 Å². The highest BCUT2D eigenvalue weighted by Crippen LogP contribution is 2.15. The zero-order chi connectivity index (χ0) is 19.4. The third-order valence-corrected chi connectivity index (χ3v) is 3.37. The summed E-state index contributed by atoms with van der Waals surface area (Å²) in [6.07, 6.45) is 2.57. The monoisotopic (exact) mass is 356 g/mol. The summed E-state index contributed by atoms with van der Waals surface area (Å²) in [4.78, 5) is 15.8. The van der Waals surface area contributed by atoms with E-state index in [1.54, 1.807) is 32.0 Å². The Morgan fingerprint density at radius 2 is 2.00 bits per heavy atom. The number of rotatable bonds is 6. The molecule has 0 atom stereocenters. The van der Waals surface area contributed by atoms with E-state index >= 15 is 0 Å². The van der Waals surface area contributed by atoms with E-state index in [2.05, 4.69) is 20.3 Å². The molecule has 0 aliphatic rings. The van der Waals surface area contributed by atoms with Gasteiger partial charge in [0.25, 0.3) is 5.56 Å². The molecule has 0 bridgehead atoms. The van der Waals surface area contributed by atoms with Gasteiger partial charge in [-0.2, -0.15) is 5.10 Å². The van der Waals surface area contributed by atoms with Crippen molar-refractivity contribution in [2.75, 3.05) is 6.61 Å². The third kappa shape index (κ3) is 4.47. The van der Waals surface area contributed by atoms with Crippen molar-refractivity contribution < 1.29 is 10.5 Å². The van der Waals surface area contributed by atoms with Crippen LogP contribution in [0.1, 0.15) is 20.8 Å². The Kier molecular flexibility index (Phi) is 4.90. The molecule has 3 aromatic heterocycles. The zero-order valence-corrected chi connectivity index (χ0v) is 14.4. The lowest BCUT2D eigenvalue weighted by atomic mass is 10.2. The first kappa shape index (κ1) is 16.3. The fourth-order valence-corrected chi connectivity index (χ4v) is 2.17. The molecule has 0 saturated carbocycles. The van der Waals surface area contributed by atoms with Crippen LogP contribution in [0, 0.1) is 11.7 Å². The number of pyridine rings is 1. The molecule has 0 aromatic carbocycles. The van der Waals surface area contributed by atoms with Gasteiger partial charge in [0.1, 0.15) is 17.2 Å². The van der Waals surface area contributed by atoms with Gasteiger partial charge in [0, 0.05) is 19.7 Å². The molecule has 3 aromatic rings. The van der Waals surface area contributed by atoms with Crippen LogP contribution in [-0.2, 0) is 6.54 Å². The van der Waals surface area contributed by atoms with Crippen LogP contribution < -0.4 is 10.3 Å². The molecule has 0 amide bonds. The number of halogens is 1. The van der Waals surface area contributed by atoms with Crippen molar-refractivity contribution in [2.45, 2.75) is 20.4 Å². The minimum Gasteiger partial charge on any atom is -0.476 e. The summed E-state index contributed by atoms with van der Waals surface area (Å²) in [5.41, 5.74) is 1.10. The Morgan fingerprint density at radius 1 is 1.19 bits per heavy atom. The summed E-state index contributed by atoms with van der Waals surface area (Å²) in [7, 11) is 0. The van der Waals surface area contributed by atoms with Gasteiger partial charge in [-0.3, -0.25) is 9.78 Å². The van der Waals surface area contributed by atoms with Crippen LogP contribution in [0.5, 0.6) is 5.88 Å². The number of hydrogen-bond donors (Lipinski definition) is 0. The second kappa shape index (κ2) is 7.81. The zero-order valence-electron chi connectivity index (χ0n) is 15.4. The van der Waals surface area contributed by atoms with Gasteiger partial charge >= 0.3 is 0 Å². The number of nitrogens with zero attached hydrogens (tertiary/aromatic N) is 5. The fourth-order valence-electron chi connectivity index (χ4n) is 2.17. The SMILES string of the molecule is [2H]C(C)(C)COc1ccc(-c2ccc(=O)n(Cc3cncc(F)c3)n2)nn1. The molecule has 0 N–H and O–H groups in total. The first-order valence-corrected chi connectivity index (χ1v) is 7.95. The predicted octanol–water partition coefficient (Wildman–Crippen LogP) is 2.32. The summed E-state index contributed by atoms with van der Waals surface area (Å²) in [5.74, 6) is -0.907. The van der Waals surface area contributed by atoms with Gasteiger partial charge in [0.05, 0.1) is 19.3 Å². The van der Waals surface area contributed by atoms with Gasteiger partial charge in [0.15, 0.2) is 0 Å². The molecule has 26 heavy (non-hydrogen) atoms. The fraction of sp³-hybridized carbons (Fsp3) is 0.278. The van der Waals surface area contributed by atoms with E-state index in [0.29, 0.717) is 22.8 Å². The Hall–Kier alpha value is -3.16. The normalized spacial score (nSPS) is 11.9. The molecule has 0 saturated heterocycles. The molecule has 3 rings (SSSR count). The Morgan fingerprint density at radius 3 is 2.69 bits per heavy atom. The molecule has 0 fully saturated rings. The largest absolute Gasteiger partial charge is 0.476 e. The highest BCUT2D eigenvalue weighted by Gasteiger charge is 2.08. The van der Waals surface area contributed by atoms with E-state index < -0.39 is 11.7 Å². The molecule has 0 aliphatic carbocycles. The summed E-state index contributed by atoms with van der Waals surface area (Å²) in [6.45, 7) is 3.74. The van der Waals surface area contributed by atoms with Crippen LogP contribution in [0.15, 0.2) is 47.5 Å². The minimum atomic E-state index is -0.733. The van der Waals surface area contributed by atoms with Gasteiger partial charge in [-0.15, -0.1) is 10.2 Å².